The third kappa shape index (κ3) is 2.33. The van der Waals surface area contributed by atoms with Gasteiger partial charge in [0.05, 0.1) is 10.7 Å². The van der Waals surface area contributed by atoms with Crippen LogP contribution in [0.25, 0.3) is 22.5 Å². The number of rotatable bonds is 2. The van der Waals surface area contributed by atoms with Crippen molar-refractivity contribution in [3.63, 3.8) is 0 Å². The summed E-state index contributed by atoms with van der Waals surface area (Å²) >= 11 is 12.4. The van der Waals surface area contributed by atoms with Gasteiger partial charge in [-0.1, -0.05) is 65.7 Å². The molecule has 0 saturated heterocycles. The minimum atomic E-state index is 0.654. The van der Waals surface area contributed by atoms with Gasteiger partial charge in [-0.15, -0.1) is 0 Å². The van der Waals surface area contributed by atoms with Crippen LogP contribution in [-0.2, 0) is 7.05 Å². The number of hydrogen-bond acceptors (Lipinski definition) is 1. The van der Waals surface area contributed by atoms with Crippen LogP contribution in [0.15, 0.2) is 54.6 Å². The van der Waals surface area contributed by atoms with Crippen molar-refractivity contribution in [2.45, 2.75) is 0 Å². The number of aryl methyl sites for hydroxylation is 1. The lowest BCUT2D eigenvalue weighted by Crippen LogP contribution is -1.93. The second kappa shape index (κ2) is 5.31. The van der Waals surface area contributed by atoms with Crippen molar-refractivity contribution in [2.24, 2.45) is 7.05 Å². The van der Waals surface area contributed by atoms with E-state index in [0.29, 0.717) is 10.0 Å². The SMILES string of the molecule is Cn1nc(-c2ccc(Cl)cc2)c(Cl)c1-c1ccccc1. The molecule has 2 aromatic carbocycles. The summed E-state index contributed by atoms with van der Waals surface area (Å²) in [7, 11) is 1.90. The van der Waals surface area contributed by atoms with E-state index < -0.39 is 0 Å². The van der Waals surface area contributed by atoms with Crippen LogP contribution in [0.1, 0.15) is 0 Å². The summed E-state index contributed by atoms with van der Waals surface area (Å²) in [5.74, 6) is 0. The highest BCUT2D eigenvalue weighted by Gasteiger charge is 2.16. The van der Waals surface area contributed by atoms with Crippen molar-refractivity contribution < 1.29 is 0 Å². The van der Waals surface area contributed by atoms with Crippen LogP contribution in [0.3, 0.4) is 0 Å². The Morgan fingerprint density at radius 1 is 0.850 bits per heavy atom. The lowest BCUT2D eigenvalue weighted by atomic mass is 10.1. The zero-order valence-electron chi connectivity index (χ0n) is 10.8. The van der Waals surface area contributed by atoms with E-state index in [-0.39, 0.29) is 0 Å². The quantitative estimate of drug-likeness (QED) is 0.647. The Bertz CT molecular complexity index is 731. The number of benzene rings is 2. The summed E-state index contributed by atoms with van der Waals surface area (Å²) < 4.78 is 1.81. The van der Waals surface area contributed by atoms with E-state index in [2.05, 4.69) is 5.10 Å². The Morgan fingerprint density at radius 3 is 2.15 bits per heavy atom. The maximum atomic E-state index is 6.52. The smallest absolute Gasteiger partial charge is 0.112 e. The number of nitrogens with zero attached hydrogens (tertiary/aromatic N) is 2. The highest BCUT2D eigenvalue weighted by molar-refractivity contribution is 6.35. The van der Waals surface area contributed by atoms with E-state index in [4.69, 9.17) is 23.2 Å². The largest absolute Gasteiger partial charge is 0.266 e. The van der Waals surface area contributed by atoms with Gasteiger partial charge in [-0.05, 0) is 12.1 Å². The van der Waals surface area contributed by atoms with Crippen molar-refractivity contribution in [3.05, 3.63) is 64.6 Å². The van der Waals surface area contributed by atoms with Crippen LogP contribution >= 0.6 is 23.2 Å². The van der Waals surface area contributed by atoms with Crippen LogP contribution in [0.5, 0.6) is 0 Å². The first kappa shape index (κ1) is 13.2. The van der Waals surface area contributed by atoms with Crippen LogP contribution in [-0.4, -0.2) is 9.78 Å². The Hall–Kier alpha value is -1.77. The van der Waals surface area contributed by atoms with Crippen LogP contribution in [0.4, 0.5) is 0 Å². The maximum absolute atomic E-state index is 6.52. The highest BCUT2D eigenvalue weighted by Crippen LogP contribution is 2.35. The first-order valence-corrected chi connectivity index (χ1v) is 6.96. The molecule has 0 amide bonds. The van der Waals surface area contributed by atoms with E-state index in [1.165, 1.54) is 0 Å². The molecule has 0 aliphatic carbocycles. The molecule has 0 fully saturated rings. The van der Waals surface area contributed by atoms with Gasteiger partial charge in [0.25, 0.3) is 0 Å². The lowest BCUT2D eigenvalue weighted by Gasteiger charge is -2.02. The minimum Gasteiger partial charge on any atom is -0.266 e. The van der Waals surface area contributed by atoms with Gasteiger partial charge in [0.1, 0.15) is 5.69 Å². The maximum Gasteiger partial charge on any atom is 0.112 e. The van der Waals surface area contributed by atoms with Crippen LogP contribution < -0.4 is 0 Å². The molecule has 100 valence electrons. The van der Waals surface area contributed by atoms with E-state index in [9.17, 15) is 0 Å². The average molecular weight is 303 g/mol. The van der Waals surface area contributed by atoms with E-state index in [0.717, 1.165) is 22.5 Å². The molecule has 2 nitrogen and oxygen atoms in total. The minimum absolute atomic E-state index is 0.654. The van der Waals surface area contributed by atoms with Gasteiger partial charge in [-0.3, -0.25) is 4.68 Å². The Kier molecular flexibility index (Phi) is 3.51. The third-order valence-electron chi connectivity index (χ3n) is 3.15. The molecule has 0 atom stereocenters. The molecule has 3 rings (SSSR count). The second-order valence-electron chi connectivity index (χ2n) is 4.51. The fraction of sp³-hybridized carbons (Fsp3) is 0.0625. The first-order valence-electron chi connectivity index (χ1n) is 6.20. The molecule has 0 unspecified atom stereocenters. The average Bonchev–Trinajstić information content (AvgIpc) is 2.76. The standard InChI is InChI=1S/C16H12Cl2N2/c1-20-16(12-5-3-2-4-6-12)14(18)15(19-20)11-7-9-13(17)10-8-11/h2-10H,1H3. The molecule has 0 radical (unpaired) electrons. The van der Waals surface area contributed by atoms with Gasteiger partial charge in [0.15, 0.2) is 0 Å². The fourth-order valence-electron chi connectivity index (χ4n) is 2.20. The van der Waals surface area contributed by atoms with Gasteiger partial charge >= 0.3 is 0 Å². The molecule has 1 heterocycles. The Labute approximate surface area is 127 Å². The molecule has 0 aliphatic heterocycles. The van der Waals surface area contributed by atoms with Crippen molar-refractivity contribution >= 4 is 23.2 Å². The van der Waals surface area contributed by atoms with E-state index in [1.807, 2.05) is 66.3 Å². The van der Waals surface area contributed by atoms with E-state index >= 15 is 0 Å². The summed E-state index contributed by atoms with van der Waals surface area (Å²) in [5.41, 5.74) is 3.69. The molecule has 20 heavy (non-hydrogen) atoms. The van der Waals surface area contributed by atoms with Gasteiger partial charge in [-0.2, -0.15) is 5.10 Å². The molecule has 0 spiro atoms. The van der Waals surface area contributed by atoms with Crippen molar-refractivity contribution in [1.82, 2.24) is 9.78 Å². The highest BCUT2D eigenvalue weighted by atomic mass is 35.5. The van der Waals surface area contributed by atoms with Gasteiger partial charge in [-0.25, -0.2) is 0 Å². The summed E-state index contributed by atoms with van der Waals surface area (Å²) in [6.45, 7) is 0. The fourth-order valence-corrected chi connectivity index (χ4v) is 2.70. The lowest BCUT2D eigenvalue weighted by molar-refractivity contribution is 0.779. The molecular formula is C16H12Cl2N2. The van der Waals surface area contributed by atoms with Crippen molar-refractivity contribution in [2.75, 3.05) is 0 Å². The molecule has 0 saturated carbocycles. The molecule has 4 heteroatoms. The van der Waals surface area contributed by atoms with Gasteiger partial charge < -0.3 is 0 Å². The second-order valence-corrected chi connectivity index (χ2v) is 5.32. The molecule has 0 aliphatic rings. The number of halogens is 2. The zero-order valence-corrected chi connectivity index (χ0v) is 12.4. The summed E-state index contributed by atoms with van der Waals surface area (Å²) in [5, 5.41) is 5.88. The molecular weight excluding hydrogens is 291 g/mol. The molecule has 1 aromatic heterocycles. The molecule has 0 bridgehead atoms. The topological polar surface area (TPSA) is 17.8 Å². The number of aromatic nitrogens is 2. The molecule has 3 aromatic rings. The number of hydrogen-bond donors (Lipinski definition) is 0. The summed E-state index contributed by atoms with van der Waals surface area (Å²) in [6.07, 6.45) is 0. The summed E-state index contributed by atoms with van der Waals surface area (Å²) in [6, 6.07) is 17.5. The van der Waals surface area contributed by atoms with E-state index in [1.54, 1.807) is 0 Å². The Morgan fingerprint density at radius 2 is 1.50 bits per heavy atom. The molecule has 0 N–H and O–H groups in total. The zero-order chi connectivity index (χ0) is 14.1. The predicted octanol–water partition coefficient (Wildman–Crippen LogP) is 5.06. The Balaban J connectivity index is 2.14. The van der Waals surface area contributed by atoms with Crippen molar-refractivity contribution in [3.8, 4) is 22.5 Å². The van der Waals surface area contributed by atoms with Crippen LogP contribution in [0.2, 0.25) is 10.0 Å². The monoisotopic (exact) mass is 302 g/mol. The first-order chi connectivity index (χ1) is 9.66. The van der Waals surface area contributed by atoms with Crippen LogP contribution in [0, 0.1) is 0 Å². The van der Waals surface area contributed by atoms with Gasteiger partial charge in [0, 0.05) is 23.2 Å². The van der Waals surface area contributed by atoms with Gasteiger partial charge in [0.2, 0.25) is 0 Å². The normalized spacial score (nSPS) is 10.8. The third-order valence-corrected chi connectivity index (χ3v) is 3.76. The summed E-state index contributed by atoms with van der Waals surface area (Å²) in [4.78, 5) is 0. The van der Waals surface area contributed by atoms with Crippen molar-refractivity contribution in [1.29, 1.82) is 0 Å². The predicted molar refractivity (Wildman–Crippen MR) is 84.1 cm³/mol.